The van der Waals surface area contributed by atoms with Crippen LogP contribution >= 0.6 is 14.3 Å². The first-order valence-corrected chi connectivity index (χ1v) is 11.2. The molecule has 1 aliphatic carbocycles. The van der Waals surface area contributed by atoms with Gasteiger partial charge in [-0.05, 0) is 38.0 Å². The van der Waals surface area contributed by atoms with Gasteiger partial charge in [-0.25, -0.2) is 0 Å². The average Bonchev–Trinajstić information content (AvgIpc) is 2.59. The Hall–Kier alpha value is 0.380. The highest BCUT2D eigenvalue weighted by molar-refractivity contribution is 8.07. The van der Waals surface area contributed by atoms with Crippen molar-refractivity contribution >= 4 is 26.1 Å². The molecule has 22 heavy (non-hydrogen) atoms. The van der Waals surface area contributed by atoms with E-state index >= 15 is 0 Å². The van der Waals surface area contributed by atoms with Crippen LogP contribution in [0.25, 0.3) is 0 Å². The molecule has 0 aliphatic heterocycles. The third-order valence-corrected chi connectivity index (χ3v) is 5.62. The van der Waals surface area contributed by atoms with Gasteiger partial charge in [-0.1, -0.05) is 13.0 Å². The summed E-state index contributed by atoms with van der Waals surface area (Å²) in [6.45, 7) is 1.96. The van der Waals surface area contributed by atoms with Gasteiger partial charge < -0.3 is 28.5 Å². The highest BCUT2D eigenvalue weighted by atomic mass is 32.5. The molecule has 1 aliphatic rings. The van der Waals surface area contributed by atoms with E-state index in [1.54, 1.807) is 13.8 Å². The van der Waals surface area contributed by atoms with Crippen molar-refractivity contribution in [3.8, 4) is 0 Å². The van der Waals surface area contributed by atoms with Gasteiger partial charge in [-0.3, -0.25) is 4.57 Å². The zero-order valence-corrected chi connectivity index (χ0v) is 15.6. The third kappa shape index (κ3) is 6.48. The fourth-order valence-electron chi connectivity index (χ4n) is 2.63. The number of methoxy groups -OCH3 is 1. The van der Waals surface area contributed by atoms with E-state index < -0.39 is 20.4 Å². The summed E-state index contributed by atoms with van der Waals surface area (Å²) >= 11 is 5.00. The van der Waals surface area contributed by atoms with E-state index in [0.29, 0.717) is 6.42 Å². The first kappa shape index (κ1) is 20.4. The van der Waals surface area contributed by atoms with Crippen LogP contribution in [0.15, 0.2) is 11.9 Å². The van der Waals surface area contributed by atoms with Crippen molar-refractivity contribution < 1.29 is 33.0 Å². The van der Waals surface area contributed by atoms with Gasteiger partial charge in [0, 0.05) is 18.8 Å². The molecule has 1 saturated carbocycles. The summed E-state index contributed by atoms with van der Waals surface area (Å²) in [5.41, 5.74) is 0. The van der Waals surface area contributed by atoms with Gasteiger partial charge in [-0.2, -0.15) is 0 Å². The zero-order valence-electron chi connectivity index (χ0n) is 13.0. The molecule has 0 heterocycles. The van der Waals surface area contributed by atoms with Crippen molar-refractivity contribution in [3.05, 3.63) is 11.9 Å². The first-order chi connectivity index (χ1) is 9.95. The molecule has 0 amide bonds. The summed E-state index contributed by atoms with van der Waals surface area (Å²) < 4.78 is 27.2. The molecule has 0 aromatic heterocycles. The second-order valence-electron chi connectivity index (χ2n) is 5.70. The van der Waals surface area contributed by atoms with Gasteiger partial charge in [0.1, 0.15) is 0 Å². The largest absolute Gasteiger partial charge is 0.378 e. The number of ether oxygens (including phenoxy) is 1. The summed E-state index contributed by atoms with van der Waals surface area (Å²) in [6, 6.07) is 0. The SMILES string of the molecule is CO[C@@H]1[C@H](OP(O)(=S)OC(C)C)[C@@H](/C=C/P(=O)(O)O)C[C@H]1C. The molecular formula is C12H24O7P2S. The van der Waals surface area contributed by atoms with Crippen molar-refractivity contribution in [2.45, 2.75) is 45.5 Å². The highest BCUT2D eigenvalue weighted by Crippen LogP contribution is 2.51. The molecule has 0 radical (unpaired) electrons. The number of hydrogen-bond donors (Lipinski definition) is 3. The Morgan fingerprint density at radius 3 is 2.32 bits per heavy atom. The first-order valence-electron chi connectivity index (χ1n) is 6.92. The maximum absolute atomic E-state index is 11.0. The Bertz CT molecular complexity index is 490. The maximum Gasteiger partial charge on any atom is 0.348 e. The molecule has 0 aromatic rings. The summed E-state index contributed by atoms with van der Waals surface area (Å²) in [4.78, 5) is 28.1. The summed E-state index contributed by atoms with van der Waals surface area (Å²) in [7, 11) is -2.73. The van der Waals surface area contributed by atoms with Crippen LogP contribution in [0, 0.1) is 11.8 Å². The summed E-state index contributed by atoms with van der Waals surface area (Å²) in [6.07, 6.45) is 0.774. The van der Waals surface area contributed by atoms with Gasteiger partial charge in [-0.15, -0.1) is 0 Å². The quantitative estimate of drug-likeness (QED) is 0.584. The van der Waals surface area contributed by atoms with E-state index in [9.17, 15) is 9.46 Å². The molecule has 3 N–H and O–H groups in total. The minimum absolute atomic E-state index is 0.0930. The lowest BCUT2D eigenvalue weighted by atomic mass is 10.1. The van der Waals surface area contributed by atoms with Gasteiger partial charge in [0.2, 0.25) is 0 Å². The lowest BCUT2D eigenvalue weighted by molar-refractivity contribution is -0.0150. The highest BCUT2D eigenvalue weighted by Gasteiger charge is 2.44. The third-order valence-electron chi connectivity index (χ3n) is 3.35. The predicted octanol–water partition coefficient (Wildman–Crippen LogP) is 2.38. The lowest BCUT2D eigenvalue weighted by Gasteiger charge is -2.28. The molecule has 0 bridgehead atoms. The molecule has 0 saturated heterocycles. The lowest BCUT2D eigenvalue weighted by Crippen LogP contribution is -2.31. The van der Waals surface area contributed by atoms with Crippen molar-refractivity contribution in [1.29, 1.82) is 0 Å². The van der Waals surface area contributed by atoms with E-state index in [-0.39, 0.29) is 24.0 Å². The van der Waals surface area contributed by atoms with Crippen LogP contribution in [0.4, 0.5) is 0 Å². The van der Waals surface area contributed by atoms with Crippen molar-refractivity contribution in [2.75, 3.05) is 7.11 Å². The molecule has 0 aromatic carbocycles. The van der Waals surface area contributed by atoms with Crippen LogP contribution in [-0.2, 0) is 30.2 Å². The van der Waals surface area contributed by atoms with Crippen LogP contribution in [-0.4, -0.2) is 40.1 Å². The summed E-state index contributed by atoms with van der Waals surface area (Å²) in [5, 5.41) is 0. The monoisotopic (exact) mass is 374 g/mol. The minimum atomic E-state index is -4.25. The Morgan fingerprint density at radius 2 is 1.86 bits per heavy atom. The normalized spacial score (nSPS) is 32.7. The molecule has 130 valence electrons. The smallest absolute Gasteiger partial charge is 0.348 e. The van der Waals surface area contributed by atoms with Crippen LogP contribution in [0.1, 0.15) is 27.2 Å². The number of rotatable bonds is 7. The van der Waals surface area contributed by atoms with E-state index in [2.05, 4.69) is 0 Å². The maximum atomic E-state index is 11.0. The molecule has 1 unspecified atom stereocenters. The van der Waals surface area contributed by atoms with E-state index in [4.69, 9.17) is 35.4 Å². The van der Waals surface area contributed by atoms with E-state index in [1.165, 1.54) is 13.2 Å². The van der Waals surface area contributed by atoms with Crippen LogP contribution in [0.5, 0.6) is 0 Å². The second kappa shape index (κ2) is 7.97. The fourth-order valence-corrected chi connectivity index (χ4v) is 5.05. The van der Waals surface area contributed by atoms with E-state index in [1.807, 2.05) is 6.92 Å². The van der Waals surface area contributed by atoms with Crippen LogP contribution in [0.2, 0.25) is 0 Å². The topological polar surface area (TPSA) is 105 Å². The van der Waals surface area contributed by atoms with E-state index in [0.717, 1.165) is 5.82 Å². The van der Waals surface area contributed by atoms with Crippen LogP contribution < -0.4 is 0 Å². The molecule has 1 rings (SSSR count). The standard InChI is InChI=1S/C12H24O7P2S/c1-8(2)18-21(16,22)19-12-10(5-6-20(13,14)15)7-9(3)11(12)17-4/h5-6,8-12H,7H2,1-4H3,(H,16,22)(H2,13,14,15)/b6-5+/t9-,10+,11+,12-,21?/m1/s1. The predicted molar refractivity (Wildman–Crippen MR) is 86.8 cm³/mol. The Balaban J connectivity index is 2.95. The van der Waals surface area contributed by atoms with Gasteiger partial charge in [0.15, 0.2) is 0 Å². The van der Waals surface area contributed by atoms with Crippen molar-refractivity contribution in [3.63, 3.8) is 0 Å². The average molecular weight is 374 g/mol. The van der Waals surface area contributed by atoms with Crippen LogP contribution in [0.3, 0.4) is 0 Å². The molecular weight excluding hydrogens is 350 g/mol. The Labute approximate surface area is 136 Å². The van der Waals surface area contributed by atoms with Gasteiger partial charge in [0.25, 0.3) is 0 Å². The van der Waals surface area contributed by atoms with Crippen molar-refractivity contribution in [1.82, 2.24) is 0 Å². The summed E-state index contributed by atoms with van der Waals surface area (Å²) in [5.74, 6) is 0.622. The molecule has 1 fully saturated rings. The Kier molecular flexibility index (Phi) is 7.40. The second-order valence-corrected chi connectivity index (χ2v) is 9.92. The van der Waals surface area contributed by atoms with Gasteiger partial charge in [0.05, 0.1) is 18.3 Å². The van der Waals surface area contributed by atoms with Gasteiger partial charge >= 0.3 is 14.3 Å². The Morgan fingerprint density at radius 1 is 1.27 bits per heavy atom. The zero-order chi connectivity index (χ0) is 17.1. The molecule has 0 spiro atoms. The molecule has 10 heteroatoms. The van der Waals surface area contributed by atoms with Crippen molar-refractivity contribution in [2.24, 2.45) is 11.8 Å². The molecule has 7 nitrogen and oxygen atoms in total. The minimum Gasteiger partial charge on any atom is -0.378 e. The fraction of sp³-hybridized carbons (Fsp3) is 0.833. The molecule has 5 atom stereocenters. The number of hydrogen-bond acceptors (Lipinski definition) is 5.